The minimum absolute atomic E-state index is 0.216. The van der Waals surface area contributed by atoms with E-state index in [9.17, 15) is 4.79 Å². The number of unbranched alkanes of at least 4 members (excludes halogenated alkanes) is 3. The lowest BCUT2D eigenvalue weighted by Gasteiger charge is -2.26. The van der Waals surface area contributed by atoms with Crippen LogP contribution in [0, 0.1) is 0 Å². The summed E-state index contributed by atoms with van der Waals surface area (Å²) < 4.78 is 5.30. The average molecular weight is 256 g/mol. The van der Waals surface area contributed by atoms with Gasteiger partial charge in [-0.15, -0.1) is 0 Å². The Kier molecular flexibility index (Phi) is 8.86. The molecule has 0 aromatic heterocycles. The fourth-order valence-corrected chi connectivity index (χ4v) is 2.16. The highest BCUT2D eigenvalue weighted by atomic mass is 16.5. The zero-order chi connectivity index (χ0) is 13.1. The Labute approximate surface area is 111 Å². The second kappa shape index (κ2) is 10.3. The molecule has 1 aliphatic rings. The molecule has 1 N–H and O–H groups in total. The van der Waals surface area contributed by atoms with Crippen molar-refractivity contribution in [1.29, 1.82) is 0 Å². The molecule has 0 unspecified atom stereocenters. The van der Waals surface area contributed by atoms with E-state index in [2.05, 4.69) is 17.1 Å². The maximum absolute atomic E-state index is 11.5. The van der Waals surface area contributed by atoms with Gasteiger partial charge in [-0.25, -0.2) is 0 Å². The van der Waals surface area contributed by atoms with Gasteiger partial charge < -0.3 is 10.1 Å². The largest absolute Gasteiger partial charge is 0.379 e. The summed E-state index contributed by atoms with van der Waals surface area (Å²) in [5, 5.41) is 3.00. The van der Waals surface area contributed by atoms with E-state index in [1.165, 1.54) is 19.3 Å². The molecule has 0 aliphatic carbocycles. The highest BCUT2D eigenvalue weighted by molar-refractivity contribution is 5.75. The van der Waals surface area contributed by atoms with Gasteiger partial charge >= 0.3 is 0 Å². The second-order valence-corrected chi connectivity index (χ2v) is 4.97. The lowest BCUT2D eigenvalue weighted by atomic mass is 10.1. The summed E-state index contributed by atoms with van der Waals surface area (Å²) in [7, 11) is 0. The third kappa shape index (κ3) is 7.67. The molecule has 1 amide bonds. The molecular formula is C14H28N2O2. The molecule has 1 rings (SSSR count). The van der Waals surface area contributed by atoms with Crippen molar-refractivity contribution >= 4 is 5.91 Å². The molecule has 1 fully saturated rings. The Bertz CT molecular complexity index is 216. The van der Waals surface area contributed by atoms with E-state index in [0.717, 1.165) is 52.2 Å². The molecule has 106 valence electrons. The van der Waals surface area contributed by atoms with Crippen molar-refractivity contribution in [2.45, 2.75) is 45.4 Å². The van der Waals surface area contributed by atoms with E-state index in [-0.39, 0.29) is 5.91 Å². The van der Waals surface area contributed by atoms with Crippen molar-refractivity contribution in [3.63, 3.8) is 0 Å². The Hall–Kier alpha value is -0.610. The monoisotopic (exact) mass is 256 g/mol. The van der Waals surface area contributed by atoms with Crippen LogP contribution < -0.4 is 5.32 Å². The summed E-state index contributed by atoms with van der Waals surface area (Å²) in [6, 6.07) is 0. The topological polar surface area (TPSA) is 41.6 Å². The molecule has 0 aromatic rings. The van der Waals surface area contributed by atoms with Crippen LogP contribution in [-0.4, -0.2) is 50.2 Å². The van der Waals surface area contributed by atoms with E-state index in [0.29, 0.717) is 6.42 Å². The van der Waals surface area contributed by atoms with Crippen molar-refractivity contribution in [3.05, 3.63) is 0 Å². The molecule has 4 heteroatoms. The van der Waals surface area contributed by atoms with E-state index >= 15 is 0 Å². The van der Waals surface area contributed by atoms with Crippen molar-refractivity contribution in [3.8, 4) is 0 Å². The molecule has 4 nitrogen and oxygen atoms in total. The van der Waals surface area contributed by atoms with Crippen LogP contribution in [-0.2, 0) is 9.53 Å². The maximum atomic E-state index is 11.5. The van der Waals surface area contributed by atoms with Gasteiger partial charge in [-0.3, -0.25) is 9.69 Å². The smallest absolute Gasteiger partial charge is 0.219 e. The van der Waals surface area contributed by atoms with Crippen LogP contribution in [0.3, 0.4) is 0 Å². The number of hydrogen-bond donors (Lipinski definition) is 1. The van der Waals surface area contributed by atoms with Gasteiger partial charge in [-0.05, 0) is 19.4 Å². The SMILES string of the molecule is CCCCCCC(=O)NCCCN1CCOCC1. The number of carbonyl (C=O) groups is 1. The van der Waals surface area contributed by atoms with Gasteiger partial charge in [0, 0.05) is 26.1 Å². The lowest BCUT2D eigenvalue weighted by Crippen LogP contribution is -2.38. The molecule has 0 aromatic carbocycles. The number of hydrogen-bond acceptors (Lipinski definition) is 3. The zero-order valence-electron chi connectivity index (χ0n) is 11.7. The van der Waals surface area contributed by atoms with Crippen LogP contribution in [0.5, 0.6) is 0 Å². The predicted octanol–water partition coefficient (Wildman–Crippen LogP) is 1.80. The van der Waals surface area contributed by atoms with E-state index < -0.39 is 0 Å². The first-order chi connectivity index (χ1) is 8.83. The minimum atomic E-state index is 0.216. The first kappa shape index (κ1) is 15.4. The van der Waals surface area contributed by atoms with Crippen LogP contribution in [0.4, 0.5) is 0 Å². The Morgan fingerprint density at radius 3 is 2.67 bits per heavy atom. The van der Waals surface area contributed by atoms with Crippen molar-refractivity contribution in [2.75, 3.05) is 39.4 Å². The fraction of sp³-hybridized carbons (Fsp3) is 0.929. The first-order valence-corrected chi connectivity index (χ1v) is 7.39. The molecule has 0 spiro atoms. The molecule has 1 heterocycles. The van der Waals surface area contributed by atoms with Gasteiger partial charge in [-0.1, -0.05) is 26.2 Å². The molecule has 1 aliphatic heterocycles. The van der Waals surface area contributed by atoms with Gasteiger partial charge in [0.05, 0.1) is 13.2 Å². The predicted molar refractivity (Wildman–Crippen MR) is 73.6 cm³/mol. The number of rotatable bonds is 9. The normalized spacial score (nSPS) is 16.7. The average Bonchev–Trinajstić information content (AvgIpc) is 2.41. The van der Waals surface area contributed by atoms with Crippen LogP contribution in [0.1, 0.15) is 45.4 Å². The third-order valence-electron chi connectivity index (χ3n) is 3.33. The molecule has 1 saturated heterocycles. The van der Waals surface area contributed by atoms with Gasteiger partial charge in [0.25, 0.3) is 0 Å². The van der Waals surface area contributed by atoms with Crippen LogP contribution >= 0.6 is 0 Å². The minimum Gasteiger partial charge on any atom is -0.379 e. The Morgan fingerprint density at radius 1 is 1.17 bits per heavy atom. The summed E-state index contributed by atoms with van der Waals surface area (Å²) in [6.45, 7) is 7.83. The van der Waals surface area contributed by atoms with E-state index in [4.69, 9.17) is 4.74 Å². The van der Waals surface area contributed by atoms with Crippen molar-refractivity contribution in [2.24, 2.45) is 0 Å². The number of ether oxygens (including phenoxy) is 1. The quantitative estimate of drug-likeness (QED) is 0.640. The van der Waals surface area contributed by atoms with Crippen LogP contribution in [0.15, 0.2) is 0 Å². The summed E-state index contributed by atoms with van der Waals surface area (Å²) in [5.41, 5.74) is 0. The number of amides is 1. The lowest BCUT2D eigenvalue weighted by molar-refractivity contribution is -0.121. The molecule has 0 saturated carbocycles. The molecule has 0 atom stereocenters. The third-order valence-corrected chi connectivity index (χ3v) is 3.33. The van der Waals surface area contributed by atoms with Gasteiger partial charge in [0.15, 0.2) is 0 Å². The highest BCUT2D eigenvalue weighted by Gasteiger charge is 2.09. The zero-order valence-corrected chi connectivity index (χ0v) is 11.7. The van der Waals surface area contributed by atoms with Gasteiger partial charge in [0.2, 0.25) is 5.91 Å². The summed E-state index contributed by atoms with van der Waals surface area (Å²) in [5.74, 6) is 0.216. The van der Waals surface area contributed by atoms with Gasteiger partial charge in [0.1, 0.15) is 0 Å². The molecule has 0 bridgehead atoms. The number of morpholine rings is 1. The Balaban J connectivity index is 1.88. The number of nitrogens with one attached hydrogen (secondary N) is 1. The standard InChI is InChI=1S/C14H28N2O2/c1-2-3-4-5-7-14(17)15-8-6-9-16-10-12-18-13-11-16/h2-13H2,1H3,(H,15,17). The summed E-state index contributed by atoms with van der Waals surface area (Å²) in [4.78, 5) is 13.9. The van der Waals surface area contributed by atoms with E-state index in [1.54, 1.807) is 0 Å². The van der Waals surface area contributed by atoms with E-state index in [1.807, 2.05) is 0 Å². The second-order valence-electron chi connectivity index (χ2n) is 4.97. The molecule has 18 heavy (non-hydrogen) atoms. The first-order valence-electron chi connectivity index (χ1n) is 7.39. The van der Waals surface area contributed by atoms with Crippen molar-refractivity contribution in [1.82, 2.24) is 10.2 Å². The van der Waals surface area contributed by atoms with Crippen LogP contribution in [0.2, 0.25) is 0 Å². The van der Waals surface area contributed by atoms with Crippen LogP contribution in [0.25, 0.3) is 0 Å². The summed E-state index contributed by atoms with van der Waals surface area (Å²) in [6.07, 6.45) is 6.41. The Morgan fingerprint density at radius 2 is 1.94 bits per heavy atom. The van der Waals surface area contributed by atoms with Gasteiger partial charge in [-0.2, -0.15) is 0 Å². The maximum Gasteiger partial charge on any atom is 0.219 e. The summed E-state index contributed by atoms with van der Waals surface area (Å²) >= 11 is 0. The van der Waals surface area contributed by atoms with Crippen molar-refractivity contribution < 1.29 is 9.53 Å². The molecule has 0 radical (unpaired) electrons. The number of nitrogens with zero attached hydrogens (tertiary/aromatic N) is 1. The highest BCUT2D eigenvalue weighted by Crippen LogP contribution is 2.02. The number of carbonyl (C=O) groups excluding carboxylic acids is 1. The fourth-order valence-electron chi connectivity index (χ4n) is 2.16. The molecular weight excluding hydrogens is 228 g/mol.